The lowest BCUT2D eigenvalue weighted by molar-refractivity contribution is -0.137. The molecule has 1 aromatic heterocycles. The van der Waals surface area contributed by atoms with Gasteiger partial charge in [0.1, 0.15) is 10.4 Å². The lowest BCUT2D eigenvalue weighted by Gasteiger charge is -2.10. The SMILES string of the molecule is O=C(Nc1cccnc1Br)c1cc(C(F)(F)F)ccc1F. The number of carbonyl (C=O) groups excluding carboxylic acids is 1. The number of benzene rings is 1. The Bertz CT molecular complexity index is 688. The predicted octanol–water partition coefficient (Wildman–Crippen LogP) is 4.25. The highest BCUT2D eigenvalue weighted by atomic mass is 79.9. The van der Waals surface area contributed by atoms with Crippen LogP contribution >= 0.6 is 15.9 Å². The van der Waals surface area contributed by atoms with E-state index >= 15 is 0 Å². The molecule has 1 heterocycles. The van der Waals surface area contributed by atoms with Gasteiger partial charge in [0.25, 0.3) is 5.91 Å². The van der Waals surface area contributed by atoms with E-state index in [1.54, 1.807) is 0 Å². The summed E-state index contributed by atoms with van der Waals surface area (Å²) in [5.41, 5.74) is -1.57. The van der Waals surface area contributed by atoms with Gasteiger partial charge < -0.3 is 5.32 Å². The van der Waals surface area contributed by atoms with Crippen LogP contribution in [0, 0.1) is 5.82 Å². The average Bonchev–Trinajstić information content (AvgIpc) is 2.40. The van der Waals surface area contributed by atoms with Crippen LogP contribution in [0.4, 0.5) is 23.2 Å². The molecule has 0 radical (unpaired) electrons. The molecule has 0 aliphatic carbocycles. The molecule has 2 rings (SSSR count). The number of amides is 1. The molecule has 0 bridgehead atoms. The van der Waals surface area contributed by atoms with Crippen molar-refractivity contribution in [3.05, 3.63) is 58.1 Å². The van der Waals surface area contributed by atoms with Gasteiger partial charge in [0.05, 0.1) is 16.8 Å². The Morgan fingerprint density at radius 2 is 1.95 bits per heavy atom. The van der Waals surface area contributed by atoms with Crippen LogP contribution in [-0.2, 0) is 6.18 Å². The molecule has 21 heavy (non-hydrogen) atoms. The summed E-state index contributed by atoms with van der Waals surface area (Å²) < 4.78 is 51.6. The molecule has 1 N–H and O–H groups in total. The number of carbonyl (C=O) groups is 1. The van der Waals surface area contributed by atoms with E-state index in [0.717, 1.165) is 0 Å². The third kappa shape index (κ3) is 3.57. The summed E-state index contributed by atoms with van der Waals surface area (Å²) in [5.74, 6) is -2.03. The number of pyridine rings is 1. The van der Waals surface area contributed by atoms with Crippen LogP contribution in [0.5, 0.6) is 0 Å². The van der Waals surface area contributed by atoms with Crippen molar-refractivity contribution >= 4 is 27.5 Å². The smallest absolute Gasteiger partial charge is 0.320 e. The zero-order valence-corrected chi connectivity index (χ0v) is 11.8. The van der Waals surface area contributed by atoms with Gasteiger partial charge in [0.2, 0.25) is 0 Å². The molecule has 3 nitrogen and oxygen atoms in total. The van der Waals surface area contributed by atoms with Gasteiger partial charge in [-0.3, -0.25) is 4.79 Å². The van der Waals surface area contributed by atoms with E-state index in [-0.39, 0.29) is 10.3 Å². The van der Waals surface area contributed by atoms with Crippen LogP contribution in [0.2, 0.25) is 0 Å². The first kappa shape index (κ1) is 15.4. The summed E-state index contributed by atoms with van der Waals surface area (Å²) in [6.07, 6.45) is -3.21. The molecule has 1 amide bonds. The highest BCUT2D eigenvalue weighted by molar-refractivity contribution is 9.10. The maximum absolute atomic E-state index is 13.6. The van der Waals surface area contributed by atoms with Crippen molar-refractivity contribution in [2.24, 2.45) is 0 Å². The van der Waals surface area contributed by atoms with Crippen LogP contribution < -0.4 is 5.32 Å². The molecule has 2 aromatic rings. The summed E-state index contributed by atoms with van der Waals surface area (Å²) in [6, 6.07) is 4.64. The van der Waals surface area contributed by atoms with Crippen molar-refractivity contribution in [2.45, 2.75) is 6.18 Å². The minimum atomic E-state index is -4.66. The number of alkyl halides is 3. The van der Waals surface area contributed by atoms with E-state index in [9.17, 15) is 22.4 Å². The van der Waals surface area contributed by atoms with Crippen molar-refractivity contribution in [1.82, 2.24) is 4.98 Å². The molecule has 0 atom stereocenters. The summed E-state index contributed by atoms with van der Waals surface area (Å²) >= 11 is 3.06. The van der Waals surface area contributed by atoms with Gasteiger partial charge in [-0.2, -0.15) is 13.2 Å². The van der Waals surface area contributed by atoms with Crippen molar-refractivity contribution < 1.29 is 22.4 Å². The summed E-state index contributed by atoms with van der Waals surface area (Å²) in [6.45, 7) is 0. The van der Waals surface area contributed by atoms with E-state index in [0.29, 0.717) is 18.2 Å². The van der Waals surface area contributed by atoms with Crippen molar-refractivity contribution in [3.63, 3.8) is 0 Å². The topological polar surface area (TPSA) is 42.0 Å². The zero-order valence-electron chi connectivity index (χ0n) is 10.2. The molecule has 0 spiro atoms. The second-order valence-corrected chi connectivity index (χ2v) is 4.74. The summed E-state index contributed by atoms with van der Waals surface area (Å²) in [4.78, 5) is 15.7. The molecule has 0 aliphatic heterocycles. The highest BCUT2D eigenvalue weighted by Gasteiger charge is 2.32. The van der Waals surface area contributed by atoms with E-state index in [1.807, 2.05) is 0 Å². The lowest BCUT2D eigenvalue weighted by Crippen LogP contribution is -2.16. The number of aromatic nitrogens is 1. The Morgan fingerprint density at radius 1 is 1.24 bits per heavy atom. The van der Waals surface area contributed by atoms with Crippen LogP contribution in [0.1, 0.15) is 15.9 Å². The zero-order chi connectivity index (χ0) is 15.6. The van der Waals surface area contributed by atoms with Crippen molar-refractivity contribution in [3.8, 4) is 0 Å². The van der Waals surface area contributed by atoms with Crippen LogP contribution in [0.3, 0.4) is 0 Å². The lowest BCUT2D eigenvalue weighted by atomic mass is 10.1. The molecule has 0 fully saturated rings. The van der Waals surface area contributed by atoms with Crippen LogP contribution in [0.25, 0.3) is 0 Å². The second kappa shape index (κ2) is 5.80. The number of anilines is 1. The molecule has 0 unspecified atom stereocenters. The fraction of sp³-hybridized carbons (Fsp3) is 0.0769. The fourth-order valence-electron chi connectivity index (χ4n) is 1.54. The number of nitrogens with zero attached hydrogens (tertiary/aromatic N) is 1. The third-order valence-corrected chi connectivity index (χ3v) is 3.18. The van der Waals surface area contributed by atoms with E-state index in [1.165, 1.54) is 18.3 Å². The molecule has 0 aliphatic rings. The maximum atomic E-state index is 13.6. The van der Waals surface area contributed by atoms with Crippen molar-refractivity contribution in [1.29, 1.82) is 0 Å². The average molecular weight is 363 g/mol. The Labute approximate surface area is 125 Å². The highest BCUT2D eigenvalue weighted by Crippen LogP contribution is 2.30. The maximum Gasteiger partial charge on any atom is 0.416 e. The Balaban J connectivity index is 2.33. The number of hydrogen-bond donors (Lipinski definition) is 1. The normalized spacial score (nSPS) is 11.3. The first-order valence-electron chi connectivity index (χ1n) is 5.57. The molecule has 0 saturated carbocycles. The number of halogens is 5. The Morgan fingerprint density at radius 3 is 2.57 bits per heavy atom. The minimum Gasteiger partial charge on any atom is -0.320 e. The predicted molar refractivity (Wildman–Crippen MR) is 71.3 cm³/mol. The Kier molecular flexibility index (Phi) is 4.26. The van der Waals surface area contributed by atoms with Gasteiger partial charge in [0.15, 0.2) is 0 Å². The van der Waals surface area contributed by atoms with E-state index < -0.39 is 29.0 Å². The minimum absolute atomic E-state index is 0.222. The number of nitrogens with one attached hydrogen (secondary N) is 1. The number of hydrogen-bond acceptors (Lipinski definition) is 2. The molecule has 8 heteroatoms. The first-order valence-corrected chi connectivity index (χ1v) is 6.37. The largest absolute Gasteiger partial charge is 0.416 e. The monoisotopic (exact) mass is 362 g/mol. The second-order valence-electron chi connectivity index (χ2n) is 3.99. The van der Waals surface area contributed by atoms with Gasteiger partial charge in [-0.05, 0) is 46.3 Å². The molecule has 0 saturated heterocycles. The Hall–Kier alpha value is -1.96. The summed E-state index contributed by atoms with van der Waals surface area (Å²) in [5, 5.41) is 2.29. The van der Waals surface area contributed by atoms with E-state index in [2.05, 4.69) is 26.2 Å². The molecule has 110 valence electrons. The fourth-order valence-corrected chi connectivity index (χ4v) is 1.89. The molecule has 1 aromatic carbocycles. The standard InChI is InChI=1S/C13H7BrF4N2O/c14-11-10(2-1-5-19-11)20-12(21)8-6-7(13(16,17)18)3-4-9(8)15/h1-6H,(H,20,21). The first-order chi connectivity index (χ1) is 9.79. The third-order valence-electron chi connectivity index (χ3n) is 2.55. The van der Waals surface area contributed by atoms with E-state index in [4.69, 9.17) is 0 Å². The van der Waals surface area contributed by atoms with Gasteiger partial charge in [0, 0.05) is 6.20 Å². The van der Waals surface area contributed by atoms with Crippen LogP contribution in [0.15, 0.2) is 41.1 Å². The van der Waals surface area contributed by atoms with Gasteiger partial charge in [-0.15, -0.1) is 0 Å². The van der Waals surface area contributed by atoms with Crippen LogP contribution in [-0.4, -0.2) is 10.9 Å². The van der Waals surface area contributed by atoms with Gasteiger partial charge >= 0.3 is 6.18 Å². The van der Waals surface area contributed by atoms with Gasteiger partial charge in [-0.25, -0.2) is 9.37 Å². The summed E-state index contributed by atoms with van der Waals surface area (Å²) in [7, 11) is 0. The quantitative estimate of drug-likeness (QED) is 0.640. The van der Waals surface area contributed by atoms with Crippen molar-refractivity contribution in [2.75, 3.05) is 5.32 Å². The van der Waals surface area contributed by atoms with Gasteiger partial charge in [-0.1, -0.05) is 0 Å². The number of rotatable bonds is 2. The molecular formula is C13H7BrF4N2O. The molecular weight excluding hydrogens is 356 g/mol.